The maximum atomic E-state index is 14.7. The Kier molecular flexibility index (Phi) is 6.80. The molecule has 0 aliphatic rings. The van der Waals surface area contributed by atoms with Crippen LogP contribution in [0.15, 0.2) is 53.2 Å². The first kappa shape index (κ1) is 25.3. The molecule has 0 spiro atoms. The van der Waals surface area contributed by atoms with Gasteiger partial charge in [-0.2, -0.15) is 18.3 Å². The van der Waals surface area contributed by atoms with Gasteiger partial charge >= 0.3 is 6.18 Å². The van der Waals surface area contributed by atoms with Crippen molar-refractivity contribution in [3.8, 4) is 28.3 Å². The minimum Gasteiger partial charge on any atom is -0.372 e. The van der Waals surface area contributed by atoms with Gasteiger partial charge in [-0.05, 0) is 24.3 Å². The van der Waals surface area contributed by atoms with Gasteiger partial charge in [-0.25, -0.2) is 18.9 Å². The molecule has 2 heterocycles. The zero-order valence-electron chi connectivity index (χ0n) is 18.1. The summed E-state index contributed by atoms with van der Waals surface area (Å²) in [5, 5.41) is 17.9. The quantitative estimate of drug-likeness (QED) is 0.189. The van der Waals surface area contributed by atoms with E-state index in [9.17, 15) is 31.9 Å². The lowest BCUT2D eigenvalue weighted by Gasteiger charge is -2.16. The summed E-state index contributed by atoms with van der Waals surface area (Å²) in [5.41, 5.74) is 0.240. The van der Waals surface area contributed by atoms with Crippen molar-refractivity contribution in [3.05, 3.63) is 76.6 Å². The Morgan fingerprint density at radius 2 is 1.83 bits per heavy atom. The summed E-state index contributed by atoms with van der Waals surface area (Å²) in [6.07, 6.45) is -6.31. The molecule has 1 atom stereocenters. The Balaban J connectivity index is 1.99. The number of aliphatic hydroxyl groups is 1. The van der Waals surface area contributed by atoms with Crippen molar-refractivity contribution in [1.29, 1.82) is 0 Å². The molecule has 0 aliphatic carbocycles. The SMILES string of the molecule is CC(=O)NNC(O)c1c(-c2c(F)cccc2Cl)noc1-c1cnn(-c2ccccc2F)c1C(F)(F)F. The van der Waals surface area contributed by atoms with Gasteiger partial charge in [0, 0.05) is 6.92 Å². The van der Waals surface area contributed by atoms with Crippen LogP contribution in [0.1, 0.15) is 24.4 Å². The molecule has 14 heteroatoms. The fourth-order valence-corrected chi connectivity index (χ4v) is 3.74. The molecule has 1 amide bonds. The summed E-state index contributed by atoms with van der Waals surface area (Å²) in [7, 11) is 0. The van der Waals surface area contributed by atoms with Gasteiger partial charge in [0.15, 0.2) is 17.7 Å². The molecular weight excluding hydrogens is 513 g/mol. The topological polar surface area (TPSA) is 105 Å². The number of benzene rings is 2. The Hall–Kier alpha value is -3.81. The van der Waals surface area contributed by atoms with E-state index in [1.807, 2.05) is 0 Å². The molecule has 0 fully saturated rings. The maximum Gasteiger partial charge on any atom is 0.434 e. The zero-order valence-corrected chi connectivity index (χ0v) is 18.8. The van der Waals surface area contributed by atoms with Gasteiger partial charge < -0.3 is 9.63 Å². The van der Waals surface area contributed by atoms with E-state index in [1.165, 1.54) is 24.3 Å². The number of para-hydroxylation sites is 1. The molecule has 2 aromatic carbocycles. The number of carbonyl (C=O) groups excluding carboxylic acids is 1. The molecule has 4 rings (SSSR count). The molecule has 2 aromatic heterocycles. The maximum absolute atomic E-state index is 14.7. The summed E-state index contributed by atoms with van der Waals surface area (Å²) in [6.45, 7) is 1.10. The van der Waals surface area contributed by atoms with Crippen LogP contribution in [0.25, 0.3) is 28.3 Å². The van der Waals surface area contributed by atoms with E-state index in [-0.39, 0.29) is 10.6 Å². The van der Waals surface area contributed by atoms with E-state index >= 15 is 0 Å². The third-order valence-corrected chi connectivity index (χ3v) is 5.26. The predicted molar refractivity (Wildman–Crippen MR) is 116 cm³/mol. The molecule has 0 radical (unpaired) electrons. The van der Waals surface area contributed by atoms with Gasteiger partial charge in [-0.1, -0.05) is 35.0 Å². The van der Waals surface area contributed by atoms with Gasteiger partial charge in [0.2, 0.25) is 5.91 Å². The van der Waals surface area contributed by atoms with Gasteiger partial charge in [-0.3, -0.25) is 10.2 Å². The lowest BCUT2D eigenvalue weighted by molar-refractivity contribution is -0.142. The van der Waals surface area contributed by atoms with Crippen molar-refractivity contribution in [3.63, 3.8) is 0 Å². The number of amides is 1. The number of alkyl halides is 3. The van der Waals surface area contributed by atoms with Crippen LogP contribution in [-0.4, -0.2) is 26.0 Å². The van der Waals surface area contributed by atoms with Gasteiger partial charge in [-0.15, -0.1) is 0 Å². The summed E-state index contributed by atoms with van der Waals surface area (Å²) in [5.74, 6) is -3.22. The molecule has 1 unspecified atom stereocenters. The minimum absolute atomic E-state index is 0.180. The van der Waals surface area contributed by atoms with Crippen LogP contribution in [0.4, 0.5) is 22.0 Å². The summed E-state index contributed by atoms with van der Waals surface area (Å²) in [6, 6.07) is 8.25. The number of hydrazine groups is 1. The van der Waals surface area contributed by atoms with Gasteiger partial charge in [0.25, 0.3) is 0 Å². The van der Waals surface area contributed by atoms with Crippen molar-refractivity contribution < 1.29 is 36.4 Å². The molecule has 4 aromatic rings. The molecular formula is C22H15ClF5N5O3. The van der Waals surface area contributed by atoms with Crippen LogP contribution in [0.2, 0.25) is 5.02 Å². The number of hydrogen-bond donors (Lipinski definition) is 3. The van der Waals surface area contributed by atoms with Crippen LogP contribution in [0.5, 0.6) is 0 Å². The Morgan fingerprint density at radius 1 is 1.14 bits per heavy atom. The molecule has 8 nitrogen and oxygen atoms in total. The van der Waals surface area contributed by atoms with Crippen molar-refractivity contribution in [1.82, 2.24) is 25.8 Å². The highest BCUT2D eigenvalue weighted by molar-refractivity contribution is 6.33. The summed E-state index contributed by atoms with van der Waals surface area (Å²) >= 11 is 6.10. The monoisotopic (exact) mass is 527 g/mol. The van der Waals surface area contributed by atoms with E-state index in [0.717, 1.165) is 31.3 Å². The van der Waals surface area contributed by atoms with Crippen molar-refractivity contribution >= 4 is 17.5 Å². The first-order chi connectivity index (χ1) is 17.0. The van der Waals surface area contributed by atoms with Gasteiger partial charge in [0.1, 0.15) is 23.0 Å². The molecule has 188 valence electrons. The summed E-state index contributed by atoms with van der Waals surface area (Å²) < 4.78 is 77.2. The Labute approximate surface area is 204 Å². The average Bonchev–Trinajstić information content (AvgIpc) is 3.42. The number of nitrogens with one attached hydrogen (secondary N) is 2. The van der Waals surface area contributed by atoms with E-state index < -0.39 is 63.9 Å². The fourth-order valence-electron chi connectivity index (χ4n) is 3.49. The van der Waals surface area contributed by atoms with Crippen LogP contribution in [-0.2, 0) is 11.0 Å². The average molecular weight is 528 g/mol. The number of hydrogen-bond acceptors (Lipinski definition) is 6. The summed E-state index contributed by atoms with van der Waals surface area (Å²) in [4.78, 5) is 11.3. The van der Waals surface area contributed by atoms with Crippen molar-refractivity contribution in [2.45, 2.75) is 19.3 Å². The molecule has 0 saturated carbocycles. The third kappa shape index (κ3) is 4.67. The number of nitrogens with zero attached hydrogens (tertiary/aromatic N) is 3. The molecule has 0 aliphatic heterocycles. The second-order valence-corrected chi connectivity index (χ2v) is 7.77. The van der Waals surface area contributed by atoms with Crippen LogP contribution < -0.4 is 10.9 Å². The highest BCUT2D eigenvalue weighted by Crippen LogP contribution is 2.44. The standard InChI is InChI=1S/C22H15ClF5N5O3/c1-10(34)30-31-21(35)17-18(16-12(23)5-4-7-14(16)25)32-36-19(17)11-9-29-33(20(11)22(26,27)28)15-8-3-2-6-13(15)24/h2-9,21,31,35H,1H3,(H,30,34). The van der Waals surface area contributed by atoms with E-state index in [1.54, 1.807) is 0 Å². The number of aliphatic hydroxyl groups excluding tert-OH is 1. The number of halogens is 6. The van der Waals surface area contributed by atoms with E-state index in [4.69, 9.17) is 16.1 Å². The van der Waals surface area contributed by atoms with Crippen LogP contribution in [0, 0.1) is 11.6 Å². The highest BCUT2D eigenvalue weighted by Gasteiger charge is 2.42. The van der Waals surface area contributed by atoms with Crippen LogP contribution >= 0.6 is 11.6 Å². The first-order valence-electron chi connectivity index (χ1n) is 10.0. The highest BCUT2D eigenvalue weighted by atomic mass is 35.5. The Morgan fingerprint density at radius 3 is 2.47 bits per heavy atom. The second kappa shape index (κ2) is 9.68. The lowest BCUT2D eigenvalue weighted by Crippen LogP contribution is -2.38. The molecule has 3 N–H and O–H groups in total. The number of carbonyl (C=O) groups is 1. The minimum atomic E-state index is -5.09. The third-order valence-electron chi connectivity index (χ3n) is 4.95. The number of aromatic nitrogens is 3. The first-order valence-corrected chi connectivity index (χ1v) is 10.4. The zero-order chi connectivity index (χ0) is 26.2. The Bertz CT molecular complexity index is 1420. The van der Waals surface area contributed by atoms with Crippen molar-refractivity contribution in [2.24, 2.45) is 0 Å². The largest absolute Gasteiger partial charge is 0.434 e. The fraction of sp³-hybridized carbons (Fsp3) is 0.136. The van der Waals surface area contributed by atoms with Crippen LogP contribution in [0.3, 0.4) is 0 Å². The van der Waals surface area contributed by atoms with Crippen molar-refractivity contribution in [2.75, 3.05) is 0 Å². The lowest BCUT2D eigenvalue weighted by atomic mass is 10.0. The smallest absolute Gasteiger partial charge is 0.372 e. The molecule has 0 bridgehead atoms. The van der Waals surface area contributed by atoms with E-state index in [2.05, 4.69) is 21.1 Å². The van der Waals surface area contributed by atoms with E-state index in [0.29, 0.717) is 4.68 Å². The second-order valence-electron chi connectivity index (χ2n) is 7.37. The normalized spacial score (nSPS) is 12.6. The number of rotatable bonds is 6. The molecule has 0 saturated heterocycles. The molecule has 36 heavy (non-hydrogen) atoms. The predicted octanol–water partition coefficient (Wildman–Crippen LogP) is 4.78. The van der Waals surface area contributed by atoms with Gasteiger partial charge in [0.05, 0.1) is 27.9 Å².